The van der Waals surface area contributed by atoms with Crippen molar-refractivity contribution in [2.75, 3.05) is 42.9 Å². The summed E-state index contributed by atoms with van der Waals surface area (Å²) in [6.45, 7) is 11.6. The van der Waals surface area contributed by atoms with Gasteiger partial charge in [-0.2, -0.15) is 0 Å². The first-order valence-electron chi connectivity index (χ1n) is 9.66. The minimum Gasteiger partial charge on any atom is -0.368 e. The normalized spacial score (nSPS) is 15.2. The van der Waals surface area contributed by atoms with Gasteiger partial charge in [0.15, 0.2) is 0 Å². The Balaban J connectivity index is 1.66. The number of hydrogen-bond acceptors (Lipinski definition) is 3. The molecule has 1 saturated heterocycles. The van der Waals surface area contributed by atoms with Crippen molar-refractivity contribution < 1.29 is 4.79 Å². The Hall–Kier alpha value is -2.04. The van der Waals surface area contributed by atoms with Crippen LogP contribution in [0.3, 0.4) is 0 Å². The molecule has 1 aliphatic heterocycles. The third-order valence-corrected chi connectivity index (χ3v) is 5.51. The Morgan fingerprint density at radius 3 is 2.30 bits per heavy atom. The van der Waals surface area contributed by atoms with E-state index >= 15 is 0 Å². The molecular weight excluding hydrogens is 358 g/mol. The van der Waals surface area contributed by atoms with E-state index in [4.69, 9.17) is 11.6 Å². The summed E-state index contributed by atoms with van der Waals surface area (Å²) < 4.78 is 0. The van der Waals surface area contributed by atoms with E-state index in [0.29, 0.717) is 22.2 Å². The highest BCUT2D eigenvalue weighted by Crippen LogP contribution is 2.30. The Bertz CT molecular complexity index is 781. The van der Waals surface area contributed by atoms with Gasteiger partial charge >= 0.3 is 0 Å². The monoisotopic (exact) mass is 385 g/mol. The Labute approximate surface area is 167 Å². The van der Waals surface area contributed by atoms with Crippen LogP contribution in [0.4, 0.5) is 11.4 Å². The number of anilines is 2. The number of piperazine rings is 1. The van der Waals surface area contributed by atoms with E-state index in [1.54, 1.807) is 0 Å². The second-order valence-corrected chi connectivity index (χ2v) is 7.73. The fourth-order valence-electron chi connectivity index (χ4n) is 3.37. The third kappa shape index (κ3) is 4.82. The van der Waals surface area contributed by atoms with Crippen LogP contribution in [-0.4, -0.2) is 43.5 Å². The van der Waals surface area contributed by atoms with E-state index in [-0.39, 0.29) is 5.91 Å². The summed E-state index contributed by atoms with van der Waals surface area (Å²) in [6, 6.07) is 13.5. The highest BCUT2D eigenvalue weighted by atomic mass is 35.5. The van der Waals surface area contributed by atoms with Crippen LogP contribution in [0.25, 0.3) is 0 Å². The number of carbonyl (C=O) groups is 1. The molecule has 2 aromatic rings. The number of hydrogen-bond donors (Lipinski definition) is 1. The molecule has 1 aliphatic rings. The van der Waals surface area contributed by atoms with Crippen LogP contribution < -0.4 is 10.2 Å². The van der Waals surface area contributed by atoms with Crippen molar-refractivity contribution in [3.8, 4) is 0 Å². The van der Waals surface area contributed by atoms with E-state index in [1.807, 2.05) is 42.5 Å². The molecule has 1 N–H and O–H groups in total. The first-order chi connectivity index (χ1) is 13.0. The molecule has 0 unspecified atom stereocenters. The molecule has 0 aliphatic carbocycles. The molecule has 5 heteroatoms. The van der Waals surface area contributed by atoms with E-state index in [1.165, 1.54) is 5.56 Å². The first kappa shape index (κ1) is 19.7. The van der Waals surface area contributed by atoms with Crippen LogP contribution in [0.15, 0.2) is 42.5 Å². The van der Waals surface area contributed by atoms with Crippen molar-refractivity contribution in [1.82, 2.24) is 4.90 Å². The Morgan fingerprint density at radius 2 is 1.74 bits per heavy atom. The van der Waals surface area contributed by atoms with E-state index < -0.39 is 0 Å². The van der Waals surface area contributed by atoms with Crippen molar-refractivity contribution in [2.24, 2.45) is 0 Å². The van der Waals surface area contributed by atoms with Gasteiger partial charge in [-0.1, -0.05) is 44.5 Å². The lowest BCUT2D eigenvalue weighted by atomic mass is 10.0. The van der Waals surface area contributed by atoms with Crippen LogP contribution >= 0.6 is 11.6 Å². The molecule has 1 heterocycles. The van der Waals surface area contributed by atoms with Crippen molar-refractivity contribution in [2.45, 2.75) is 26.7 Å². The smallest absolute Gasteiger partial charge is 0.255 e. The molecule has 0 bridgehead atoms. The molecule has 3 rings (SSSR count). The van der Waals surface area contributed by atoms with Crippen molar-refractivity contribution in [1.29, 1.82) is 0 Å². The second-order valence-electron chi connectivity index (χ2n) is 7.32. The fourth-order valence-corrected chi connectivity index (χ4v) is 3.67. The number of halogens is 1. The maximum atomic E-state index is 12.5. The quantitative estimate of drug-likeness (QED) is 0.798. The second kappa shape index (κ2) is 8.77. The topological polar surface area (TPSA) is 35.6 Å². The van der Waals surface area contributed by atoms with Gasteiger partial charge in [0.2, 0.25) is 0 Å². The molecule has 1 fully saturated rings. The minimum absolute atomic E-state index is 0.120. The van der Waals surface area contributed by atoms with E-state index in [9.17, 15) is 4.79 Å². The zero-order valence-corrected chi connectivity index (χ0v) is 17.1. The summed E-state index contributed by atoms with van der Waals surface area (Å²) in [6.07, 6.45) is 0. The number of nitrogens with zero attached hydrogens (tertiary/aromatic N) is 2. The van der Waals surface area contributed by atoms with Gasteiger partial charge in [-0.15, -0.1) is 0 Å². The van der Waals surface area contributed by atoms with E-state index in [0.717, 1.165) is 38.4 Å². The molecule has 4 nitrogen and oxygen atoms in total. The highest BCUT2D eigenvalue weighted by molar-refractivity contribution is 6.33. The Morgan fingerprint density at radius 1 is 1.07 bits per heavy atom. The number of likely N-dealkylation sites (N-methyl/N-ethyl adjacent to an activating group) is 1. The molecule has 0 aromatic heterocycles. The number of amides is 1. The van der Waals surface area contributed by atoms with Crippen LogP contribution in [0.5, 0.6) is 0 Å². The highest BCUT2D eigenvalue weighted by Gasteiger charge is 2.18. The lowest BCUT2D eigenvalue weighted by Crippen LogP contribution is -2.46. The molecule has 1 amide bonds. The predicted molar refractivity (Wildman–Crippen MR) is 114 cm³/mol. The largest absolute Gasteiger partial charge is 0.368 e. The number of nitrogens with one attached hydrogen (secondary N) is 1. The van der Waals surface area contributed by atoms with Gasteiger partial charge in [0, 0.05) is 37.4 Å². The van der Waals surface area contributed by atoms with Crippen LogP contribution in [-0.2, 0) is 0 Å². The zero-order valence-electron chi connectivity index (χ0n) is 16.3. The molecule has 0 atom stereocenters. The molecular formula is C22H28ClN3O. The summed E-state index contributed by atoms with van der Waals surface area (Å²) in [7, 11) is 0. The lowest BCUT2D eigenvalue weighted by molar-refractivity contribution is 0.102. The van der Waals surface area contributed by atoms with Gasteiger partial charge in [-0.3, -0.25) is 4.79 Å². The summed E-state index contributed by atoms with van der Waals surface area (Å²) in [5.41, 5.74) is 3.62. The summed E-state index contributed by atoms with van der Waals surface area (Å²) >= 11 is 6.51. The maximum Gasteiger partial charge on any atom is 0.255 e. The fraction of sp³-hybridized carbons (Fsp3) is 0.409. The zero-order chi connectivity index (χ0) is 19.4. The number of benzene rings is 2. The van der Waals surface area contributed by atoms with E-state index in [2.05, 4.69) is 35.9 Å². The van der Waals surface area contributed by atoms with Crippen molar-refractivity contribution in [3.63, 3.8) is 0 Å². The van der Waals surface area contributed by atoms with Crippen LogP contribution in [0.1, 0.15) is 42.6 Å². The molecule has 0 radical (unpaired) electrons. The van der Waals surface area contributed by atoms with Gasteiger partial charge in [-0.25, -0.2) is 0 Å². The average molecular weight is 386 g/mol. The van der Waals surface area contributed by atoms with Gasteiger partial charge in [0.05, 0.1) is 10.7 Å². The lowest BCUT2D eigenvalue weighted by Gasteiger charge is -2.36. The number of rotatable bonds is 5. The molecule has 0 spiro atoms. The summed E-state index contributed by atoms with van der Waals surface area (Å²) in [5.74, 6) is 0.332. The first-order valence-corrected chi connectivity index (χ1v) is 10.0. The molecule has 144 valence electrons. The van der Waals surface area contributed by atoms with Gasteiger partial charge < -0.3 is 15.1 Å². The van der Waals surface area contributed by atoms with Crippen LogP contribution in [0.2, 0.25) is 5.02 Å². The minimum atomic E-state index is -0.120. The van der Waals surface area contributed by atoms with Gasteiger partial charge in [-0.05, 0) is 48.4 Å². The predicted octanol–water partition coefficient (Wildman–Crippen LogP) is 4.86. The SMILES string of the molecule is CCN1CCN(c2ccc(NC(=O)c3ccc(C(C)C)cc3)cc2Cl)CC1. The summed E-state index contributed by atoms with van der Waals surface area (Å²) in [4.78, 5) is 17.2. The van der Waals surface area contributed by atoms with Gasteiger partial charge in [0.25, 0.3) is 5.91 Å². The molecule has 0 saturated carbocycles. The Kier molecular flexibility index (Phi) is 6.40. The van der Waals surface area contributed by atoms with Crippen LogP contribution in [0, 0.1) is 0 Å². The van der Waals surface area contributed by atoms with Crippen molar-refractivity contribution >= 4 is 28.9 Å². The molecule has 27 heavy (non-hydrogen) atoms. The maximum absolute atomic E-state index is 12.5. The van der Waals surface area contributed by atoms with Gasteiger partial charge in [0.1, 0.15) is 0 Å². The third-order valence-electron chi connectivity index (χ3n) is 5.21. The number of carbonyl (C=O) groups excluding carboxylic acids is 1. The summed E-state index contributed by atoms with van der Waals surface area (Å²) in [5, 5.41) is 3.62. The molecule has 2 aromatic carbocycles. The van der Waals surface area contributed by atoms with Crippen molar-refractivity contribution in [3.05, 3.63) is 58.6 Å². The standard InChI is InChI=1S/C22H28ClN3O/c1-4-25-11-13-26(14-12-25)21-10-9-19(15-20(21)23)24-22(27)18-7-5-17(6-8-18)16(2)3/h5-10,15-16H,4,11-14H2,1-3H3,(H,24,27). The average Bonchev–Trinajstić information content (AvgIpc) is 2.68.